The number of piperidine rings is 3. The Labute approximate surface area is 165 Å². The van der Waals surface area contributed by atoms with Crippen molar-refractivity contribution >= 4 is 5.91 Å². The molecule has 28 heavy (non-hydrogen) atoms. The summed E-state index contributed by atoms with van der Waals surface area (Å²) in [4.78, 5) is 15.2. The minimum atomic E-state index is -0.980. The fraction of sp³-hybridized carbons (Fsp3) is 0.571. The molecule has 2 aromatic rings. The van der Waals surface area contributed by atoms with Crippen LogP contribution >= 0.6 is 0 Å². The summed E-state index contributed by atoms with van der Waals surface area (Å²) in [5.74, 6) is 0.654. The molecule has 0 spiro atoms. The van der Waals surface area contributed by atoms with E-state index in [1.54, 1.807) is 13.8 Å². The first kappa shape index (κ1) is 19.1. The number of hydrogen-bond donors (Lipinski definition) is 2. The molecular formula is C21H29N5O2. The van der Waals surface area contributed by atoms with Crippen LogP contribution in [0.3, 0.4) is 0 Å². The smallest absolute Gasteiger partial charge is 0.224 e. The molecule has 7 nitrogen and oxygen atoms in total. The number of fused-ring (bicyclic) bond motifs is 3. The summed E-state index contributed by atoms with van der Waals surface area (Å²) in [6.45, 7) is 6.61. The fourth-order valence-corrected chi connectivity index (χ4v) is 4.43. The van der Waals surface area contributed by atoms with E-state index < -0.39 is 5.60 Å². The quantitative estimate of drug-likeness (QED) is 0.791. The van der Waals surface area contributed by atoms with Gasteiger partial charge in [0.15, 0.2) is 0 Å². The third-order valence-corrected chi connectivity index (χ3v) is 6.09. The Morgan fingerprint density at radius 3 is 2.75 bits per heavy atom. The SMILES string of the molecule is CC(C)(O)c1cn(C[C@H]2C[C@@H]3CCN2C[C@@H]3C(=O)NCc2ccccc2)nn1. The summed E-state index contributed by atoms with van der Waals surface area (Å²) < 4.78 is 1.82. The van der Waals surface area contributed by atoms with Crippen LogP contribution in [0.5, 0.6) is 0 Å². The molecule has 1 unspecified atom stereocenters. The van der Waals surface area contributed by atoms with Gasteiger partial charge in [-0.3, -0.25) is 14.4 Å². The third kappa shape index (κ3) is 4.10. The van der Waals surface area contributed by atoms with Gasteiger partial charge < -0.3 is 10.4 Å². The normalized spacial score (nSPS) is 27.0. The van der Waals surface area contributed by atoms with Crippen LogP contribution in [0.4, 0.5) is 0 Å². The highest BCUT2D eigenvalue weighted by Crippen LogP contribution is 2.37. The Morgan fingerprint density at radius 2 is 2.11 bits per heavy atom. The molecule has 3 aliphatic heterocycles. The minimum Gasteiger partial charge on any atom is -0.384 e. The lowest BCUT2D eigenvalue weighted by atomic mass is 9.75. The molecular weight excluding hydrogens is 354 g/mol. The van der Waals surface area contributed by atoms with Gasteiger partial charge in [-0.1, -0.05) is 35.5 Å². The predicted molar refractivity (Wildman–Crippen MR) is 105 cm³/mol. The number of aliphatic hydroxyl groups is 1. The van der Waals surface area contributed by atoms with E-state index in [1.807, 2.05) is 41.2 Å². The molecule has 1 aromatic carbocycles. The van der Waals surface area contributed by atoms with Crippen LogP contribution in [0, 0.1) is 11.8 Å². The number of benzene rings is 1. The molecule has 3 saturated heterocycles. The Bertz CT molecular complexity index is 814. The molecule has 3 aliphatic rings. The van der Waals surface area contributed by atoms with Crippen LogP contribution in [0.25, 0.3) is 0 Å². The topological polar surface area (TPSA) is 83.3 Å². The summed E-state index contributed by atoms with van der Waals surface area (Å²) in [5, 5.41) is 21.5. The van der Waals surface area contributed by atoms with Crippen LogP contribution in [-0.4, -0.2) is 50.0 Å². The van der Waals surface area contributed by atoms with Crippen molar-refractivity contribution in [3.63, 3.8) is 0 Å². The van der Waals surface area contributed by atoms with Gasteiger partial charge in [-0.05, 0) is 44.7 Å². The number of rotatable bonds is 6. The van der Waals surface area contributed by atoms with E-state index in [1.165, 1.54) is 0 Å². The molecule has 4 atom stereocenters. The molecule has 5 rings (SSSR count). The summed E-state index contributed by atoms with van der Waals surface area (Å²) in [6, 6.07) is 10.4. The summed E-state index contributed by atoms with van der Waals surface area (Å²) >= 11 is 0. The van der Waals surface area contributed by atoms with Gasteiger partial charge in [0.1, 0.15) is 11.3 Å². The van der Waals surface area contributed by atoms with E-state index in [-0.39, 0.29) is 11.8 Å². The number of carbonyl (C=O) groups excluding carboxylic acids is 1. The summed E-state index contributed by atoms with van der Waals surface area (Å²) in [6.07, 6.45) is 3.90. The predicted octanol–water partition coefficient (Wildman–Crippen LogP) is 1.53. The van der Waals surface area contributed by atoms with Crippen LogP contribution in [0.15, 0.2) is 36.5 Å². The second-order valence-corrected chi connectivity index (χ2v) is 8.63. The Morgan fingerprint density at radius 1 is 1.32 bits per heavy atom. The first-order chi connectivity index (χ1) is 13.4. The minimum absolute atomic E-state index is 0.0661. The standard InChI is InChI=1S/C21H29N5O2/c1-21(2,28)19-14-26(24-23-19)12-17-10-16-8-9-25(17)13-18(16)20(27)22-11-15-6-4-3-5-7-15/h3-7,14,16-18,28H,8-13H2,1-2H3,(H,22,27)/t16-,17+,18-/m0/s1. The van der Waals surface area contributed by atoms with Gasteiger partial charge in [0.2, 0.25) is 5.91 Å². The Kier molecular flexibility index (Phi) is 5.21. The molecule has 7 heteroatoms. The van der Waals surface area contributed by atoms with Crippen molar-refractivity contribution in [3.05, 3.63) is 47.8 Å². The molecule has 2 bridgehead atoms. The highest BCUT2D eigenvalue weighted by Gasteiger charge is 2.43. The third-order valence-electron chi connectivity index (χ3n) is 6.09. The van der Waals surface area contributed by atoms with Crippen LogP contribution in [0.1, 0.15) is 37.9 Å². The number of nitrogens with one attached hydrogen (secondary N) is 1. The number of aromatic nitrogens is 3. The van der Waals surface area contributed by atoms with Crippen molar-refractivity contribution in [3.8, 4) is 0 Å². The molecule has 1 aromatic heterocycles. The van der Waals surface area contributed by atoms with Gasteiger partial charge in [-0.15, -0.1) is 5.10 Å². The van der Waals surface area contributed by atoms with Crippen LogP contribution in [-0.2, 0) is 23.5 Å². The maximum Gasteiger partial charge on any atom is 0.224 e. The van der Waals surface area contributed by atoms with E-state index in [2.05, 4.69) is 20.5 Å². The van der Waals surface area contributed by atoms with E-state index >= 15 is 0 Å². The number of nitrogens with zero attached hydrogens (tertiary/aromatic N) is 4. The van der Waals surface area contributed by atoms with E-state index in [9.17, 15) is 9.90 Å². The first-order valence-corrected chi connectivity index (χ1v) is 10.1. The lowest BCUT2D eigenvalue weighted by molar-refractivity contribution is -0.133. The van der Waals surface area contributed by atoms with Crippen LogP contribution < -0.4 is 5.32 Å². The van der Waals surface area contributed by atoms with Gasteiger partial charge in [0.25, 0.3) is 0 Å². The molecule has 2 N–H and O–H groups in total. The zero-order valence-electron chi connectivity index (χ0n) is 16.6. The van der Waals surface area contributed by atoms with Crippen molar-refractivity contribution in [2.45, 2.75) is 51.4 Å². The highest BCUT2D eigenvalue weighted by molar-refractivity contribution is 5.79. The molecule has 0 radical (unpaired) electrons. The van der Waals surface area contributed by atoms with E-state index in [0.29, 0.717) is 24.2 Å². The van der Waals surface area contributed by atoms with Gasteiger partial charge in [-0.25, -0.2) is 0 Å². The molecule has 0 aliphatic carbocycles. The maximum absolute atomic E-state index is 12.7. The van der Waals surface area contributed by atoms with Crippen LogP contribution in [0.2, 0.25) is 0 Å². The van der Waals surface area contributed by atoms with Crippen molar-refractivity contribution < 1.29 is 9.90 Å². The number of carbonyl (C=O) groups is 1. The molecule has 150 valence electrons. The Hall–Kier alpha value is -2.25. The zero-order chi connectivity index (χ0) is 19.7. The molecule has 4 heterocycles. The van der Waals surface area contributed by atoms with Crippen molar-refractivity contribution in [1.29, 1.82) is 0 Å². The summed E-state index contributed by atoms with van der Waals surface area (Å²) in [5.41, 5.74) is 0.733. The zero-order valence-corrected chi connectivity index (χ0v) is 16.6. The van der Waals surface area contributed by atoms with Gasteiger partial charge in [-0.2, -0.15) is 0 Å². The molecule has 1 amide bonds. The maximum atomic E-state index is 12.7. The van der Waals surface area contributed by atoms with Crippen molar-refractivity contribution in [1.82, 2.24) is 25.2 Å². The van der Waals surface area contributed by atoms with Gasteiger partial charge >= 0.3 is 0 Å². The van der Waals surface area contributed by atoms with Crippen molar-refractivity contribution in [2.24, 2.45) is 11.8 Å². The Balaban J connectivity index is 1.34. The summed E-state index contributed by atoms with van der Waals surface area (Å²) in [7, 11) is 0. The molecule has 3 fully saturated rings. The average molecular weight is 383 g/mol. The monoisotopic (exact) mass is 383 g/mol. The second kappa shape index (κ2) is 7.64. The van der Waals surface area contributed by atoms with E-state index in [0.717, 1.165) is 38.0 Å². The first-order valence-electron chi connectivity index (χ1n) is 10.1. The average Bonchev–Trinajstić information content (AvgIpc) is 3.16. The fourth-order valence-electron chi connectivity index (χ4n) is 4.43. The van der Waals surface area contributed by atoms with E-state index in [4.69, 9.17) is 0 Å². The van der Waals surface area contributed by atoms with Gasteiger partial charge in [0, 0.05) is 19.1 Å². The van der Waals surface area contributed by atoms with Crippen molar-refractivity contribution in [2.75, 3.05) is 13.1 Å². The van der Waals surface area contributed by atoms with Gasteiger partial charge in [0.05, 0.1) is 18.7 Å². The number of amides is 1. The lowest BCUT2D eigenvalue weighted by Crippen LogP contribution is -2.58. The largest absolute Gasteiger partial charge is 0.384 e. The number of hydrogen-bond acceptors (Lipinski definition) is 5. The second-order valence-electron chi connectivity index (χ2n) is 8.63. The highest BCUT2D eigenvalue weighted by atomic mass is 16.3. The lowest BCUT2D eigenvalue weighted by Gasteiger charge is -2.49. The molecule has 0 saturated carbocycles.